The second-order valence-electron chi connectivity index (χ2n) is 3.73. The van der Waals surface area contributed by atoms with E-state index in [9.17, 15) is 14.0 Å². The van der Waals surface area contributed by atoms with E-state index >= 15 is 0 Å². The molecule has 90 valence electrons. The molecule has 1 saturated heterocycles. The molecule has 3 nitrogen and oxygen atoms in total. The maximum absolute atomic E-state index is 13.4. The van der Waals surface area contributed by atoms with Crippen LogP contribution < -0.4 is 5.32 Å². The number of Topliss-reactive ketones (excluding diaryl/α,β-unsaturated/α-hetero) is 1. The summed E-state index contributed by atoms with van der Waals surface area (Å²) in [5.41, 5.74) is 0.217. The molecule has 0 radical (unpaired) electrons. The molecule has 1 atom stereocenters. The monoisotopic (exact) mass is 319 g/mol. The molecule has 17 heavy (non-hydrogen) atoms. The molecule has 6 heteroatoms. The predicted molar refractivity (Wildman–Crippen MR) is 64.5 cm³/mol. The van der Waals surface area contributed by atoms with Crippen LogP contribution in [-0.4, -0.2) is 18.2 Å². The van der Waals surface area contributed by atoms with E-state index in [-0.39, 0.29) is 27.3 Å². The number of nitrogens with one attached hydrogen (secondary N) is 1. The van der Waals surface area contributed by atoms with Crippen LogP contribution in [0.1, 0.15) is 17.9 Å². The van der Waals surface area contributed by atoms with Gasteiger partial charge in [-0.3, -0.25) is 9.59 Å². The van der Waals surface area contributed by atoms with Gasteiger partial charge in [-0.1, -0.05) is 11.6 Å². The fourth-order valence-electron chi connectivity index (χ4n) is 1.78. The summed E-state index contributed by atoms with van der Waals surface area (Å²) < 4.78 is 13.6. The van der Waals surface area contributed by atoms with E-state index in [4.69, 9.17) is 11.6 Å². The largest absolute Gasteiger partial charge is 0.355 e. The van der Waals surface area contributed by atoms with Crippen molar-refractivity contribution >= 4 is 39.2 Å². The molecular weight excluding hydrogens is 312 g/mol. The van der Waals surface area contributed by atoms with Crippen molar-refractivity contribution in [3.63, 3.8) is 0 Å². The van der Waals surface area contributed by atoms with Crippen molar-refractivity contribution in [1.82, 2.24) is 5.32 Å². The minimum atomic E-state index is -1.00. The minimum absolute atomic E-state index is 0.202. The number of amides is 1. The van der Waals surface area contributed by atoms with Crippen LogP contribution in [0.2, 0.25) is 5.02 Å². The van der Waals surface area contributed by atoms with Crippen LogP contribution in [0, 0.1) is 5.82 Å². The van der Waals surface area contributed by atoms with Gasteiger partial charge in [-0.2, -0.15) is 0 Å². The van der Waals surface area contributed by atoms with Crippen LogP contribution in [0.5, 0.6) is 0 Å². The van der Waals surface area contributed by atoms with E-state index in [0.717, 1.165) is 6.07 Å². The van der Waals surface area contributed by atoms with Crippen LogP contribution in [0.15, 0.2) is 16.6 Å². The zero-order valence-corrected chi connectivity index (χ0v) is 10.9. The topological polar surface area (TPSA) is 46.2 Å². The first-order chi connectivity index (χ1) is 8.00. The Morgan fingerprint density at radius 1 is 1.41 bits per heavy atom. The van der Waals surface area contributed by atoms with E-state index in [0.29, 0.717) is 6.54 Å². The van der Waals surface area contributed by atoms with E-state index in [1.54, 1.807) is 0 Å². The SMILES string of the molecule is O=C1CCNC(=O)C1c1cc(F)c(Br)cc1Cl. The average Bonchev–Trinajstić information content (AvgIpc) is 2.25. The van der Waals surface area contributed by atoms with Crippen molar-refractivity contribution in [1.29, 1.82) is 0 Å². The lowest BCUT2D eigenvalue weighted by Gasteiger charge is -2.22. The fraction of sp³-hybridized carbons (Fsp3) is 0.273. The predicted octanol–water partition coefficient (Wildman–Crippen LogP) is 2.41. The molecule has 1 aliphatic heterocycles. The van der Waals surface area contributed by atoms with Gasteiger partial charge >= 0.3 is 0 Å². The number of halogens is 3. The molecule has 1 aromatic rings. The van der Waals surface area contributed by atoms with Gasteiger partial charge in [0, 0.05) is 18.0 Å². The van der Waals surface area contributed by atoms with Gasteiger partial charge in [0.2, 0.25) is 5.91 Å². The van der Waals surface area contributed by atoms with Gasteiger partial charge in [-0.05, 0) is 33.6 Å². The van der Waals surface area contributed by atoms with Crippen LogP contribution >= 0.6 is 27.5 Å². The van der Waals surface area contributed by atoms with Crippen molar-refractivity contribution in [2.24, 2.45) is 0 Å². The van der Waals surface area contributed by atoms with Gasteiger partial charge in [0.1, 0.15) is 11.7 Å². The van der Waals surface area contributed by atoms with E-state index in [1.807, 2.05) is 0 Å². The molecule has 0 saturated carbocycles. The van der Waals surface area contributed by atoms with Crippen LogP contribution in [0.25, 0.3) is 0 Å². The summed E-state index contributed by atoms with van der Waals surface area (Å²) in [7, 11) is 0. The Bertz CT molecular complexity index is 490. The molecule has 0 aromatic heterocycles. The Hall–Kier alpha value is -0.940. The number of hydrogen-bond acceptors (Lipinski definition) is 2. The summed E-state index contributed by atoms with van der Waals surface area (Å²) in [6, 6.07) is 2.47. The number of hydrogen-bond donors (Lipinski definition) is 1. The Morgan fingerprint density at radius 3 is 2.76 bits per heavy atom. The molecule has 1 amide bonds. The van der Waals surface area contributed by atoms with Crippen molar-refractivity contribution in [3.05, 3.63) is 33.0 Å². The maximum Gasteiger partial charge on any atom is 0.235 e. The molecular formula is C11H8BrClFNO2. The molecule has 1 aliphatic rings. The van der Waals surface area contributed by atoms with Gasteiger partial charge in [-0.25, -0.2) is 4.39 Å². The molecule has 0 aliphatic carbocycles. The number of carbonyl (C=O) groups excluding carboxylic acids is 2. The lowest BCUT2D eigenvalue weighted by molar-refractivity contribution is -0.132. The van der Waals surface area contributed by atoms with Crippen molar-refractivity contribution < 1.29 is 14.0 Å². The van der Waals surface area contributed by atoms with Gasteiger partial charge in [0.25, 0.3) is 0 Å². The highest BCUT2D eigenvalue weighted by atomic mass is 79.9. The lowest BCUT2D eigenvalue weighted by atomic mass is 9.89. The van der Waals surface area contributed by atoms with Crippen LogP contribution in [0.4, 0.5) is 4.39 Å². The van der Waals surface area contributed by atoms with E-state index in [1.165, 1.54) is 6.07 Å². The van der Waals surface area contributed by atoms with Crippen molar-refractivity contribution in [3.8, 4) is 0 Å². The zero-order chi connectivity index (χ0) is 12.6. The van der Waals surface area contributed by atoms with Crippen molar-refractivity contribution in [2.75, 3.05) is 6.54 Å². The Kier molecular flexibility index (Phi) is 3.49. The van der Waals surface area contributed by atoms with Gasteiger partial charge < -0.3 is 5.32 Å². The summed E-state index contributed by atoms with van der Waals surface area (Å²) in [5.74, 6) is -2.21. The first kappa shape index (κ1) is 12.5. The standard InChI is InChI=1S/C11H8BrClFNO2/c12-6-4-7(13)5(3-8(6)14)10-9(16)1-2-15-11(10)17/h3-4,10H,1-2H2,(H,15,17). The summed E-state index contributed by atoms with van der Waals surface area (Å²) in [5, 5.41) is 2.77. The zero-order valence-electron chi connectivity index (χ0n) is 8.60. The molecule has 1 N–H and O–H groups in total. The minimum Gasteiger partial charge on any atom is -0.355 e. The number of carbonyl (C=O) groups is 2. The molecule has 1 unspecified atom stereocenters. The molecule has 1 heterocycles. The normalized spacial score (nSPS) is 20.3. The summed E-state index contributed by atoms with van der Waals surface area (Å²) in [4.78, 5) is 23.3. The molecule has 2 rings (SSSR count). The summed E-state index contributed by atoms with van der Waals surface area (Å²) in [6.07, 6.45) is 0.240. The quantitative estimate of drug-likeness (QED) is 0.638. The lowest BCUT2D eigenvalue weighted by Crippen LogP contribution is -2.41. The smallest absolute Gasteiger partial charge is 0.235 e. The third kappa shape index (κ3) is 2.35. The maximum atomic E-state index is 13.4. The van der Waals surface area contributed by atoms with Gasteiger partial charge in [0.15, 0.2) is 5.78 Å². The summed E-state index contributed by atoms with van der Waals surface area (Å²) >= 11 is 8.93. The highest BCUT2D eigenvalue weighted by Gasteiger charge is 2.33. The third-order valence-electron chi connectivity index (χ3n) is 2.61. The van der Waals surface area contributed by atoms with E-state index < -0.39 is 17.6 Å². The molecule has 1 fully saturated rings. The number of rotatable bonds is 1. The van der Waals surface area contributed by atoms with Crippen LogP contribution in [-0.2, 0) is 9.59 Å². The first-order valence-electron chi connectivity index (χ1n) is 4.95. The van der Waals surface area contributed by atoms with Gasteiger partial charge in [0.05, 0.1) is 4.47 Å². The Labute approximate surface area is 110 Å². The first-order valence-corrected chi connectivity index (χ1v) is 6.12. The third-order valence-corrected chi connectivity index (χ3v) is 3.54. The molecule has 0 bridgehead atoms. The second-order valence-corrected chi connectivity index (χ2v) is 4.99. The van der Waals surface area contributed by atoms with Gasteiger partial charge in [-0.15, -0.1) is 0 Å². The highest BCUT2D eigenvalue weighted by Crippen LogP contribution is 2.32. The second kappa shape index (κ2) is 4.74. The molecule has 1 aromatic carbocycles. The Morgan fingerprint density at radius 2 is 2.12 bits per heavy atom. The number of benzene rings is 1. The fourth-order valence-corrected chi connectivity index (χ4v) is 2.52. The summed E-state index contributed by atoms with van der Waals surface area (Å²) in [6.45, 7) is 0.324. The highest BCUT2D eigenvalue weighted by molar-refractivity contribution is 9.10. The Balaban J connectivity index is 2.48. The average molecular weight is 321 g/mol. The van der Waals surface area contributed by atoms with Crippen LogP contribution in [0.3, 0.4) is 0 Å². The number of ketones is 1. The van der Waals surface area contributed by atoms with Crippen molar-refractivity contribution in [2.45, 2.75) is 12.3 Å². The number of piperidine rings is 1. The molecule has 0 spiro atoms. The van der Waals surface area contributed by atoms with E-state index in [2.05, 4.69) is 21.2 Å².